The van der Waals surface area contributed by atoms with E-state index in [1.165, 1.54) is 6.07 Å². The highest BCUT2D eigenvalue weighted by molar-refractivity contribution is 5.75. The number of nitrogens with one attached hydrogen (secondary N) is 1. The van der Waals surface area contributed by atoms with E-state index in [-0.39, 0.29) is 23.2 Å². The lowest BCUT2D eigenvalue weighted by atomic mass is 10.2. The molecule has 1 fully saturated rings. The van der Waals surface area contributed by atoms with Gasteiger partial charge in [-0.3, -0.25) is 9.36 Å². The summed E-state index contributed by atoms with van der Waals surface area (Å²) in [6.07, 6.45) is 5.67. The Labute approximate surface area is 142 Å². The van der Waals surface area contributed by atoms with Gasteiger partial charge >= 0.3 is 0 Å². The molecule has 2 heterocycles. The van der Waals surface area contributed by atoms with E-state index in [4.69, 9.17) is 0 Å². The first-order chi connectivity index (χ1) is 12.1. The summed E-state index contributed by atoms with van der Waals surface area (Å²) in [6, 6.07) is 6.46. The van der Waals surface area contributed by atoms with E-state index >= 15 is 0 Å². The molecule has 0 amide bonds. The second-order valence-electron chi connectivity index (χ2n) is 6.24. The molecule has 7 heteroatoms. The fourth-order valence-electron chi connectivity index (χ4n) is 3.37. The molecule has 0 spiro atoms. The number of aromatic nitrogens is 3. The summed E-state index contributed by atoms with van der Waals surface area (Å²) >= 11 is 0. The quantitative estimate of drug-likeness (QED) is 0.783. The highest BCUT2D eigenvalue weighted by atomic mass is 19.1. The highest BCUT2D eigenvalue weighted by Gasteiger charge is 2.20. The lowest BCUT2D eigenvalue weighted by Crippen LogP contribution is -2.23. The van der Waals surface area contributed by atoms with E-state index in [1.54, 1.807) is 16.8 Å². The standard InChI is InChI=1S/C18H16F2N4O/c19-12-7-13(20)9-14(8-12)22-18-21-10-11-5-6-16(25)24(17(11)23-18)15-3-1-2-4-15/h5-10,15H,1-4H2,(H,21,22,23). The Bertz CT molecular complexity index is 976. The molecule has 2 aromatic heterocycles. The summed E-state index contributed by atoms with van der Waals surface area (Å²) in [5.41, 5.74) is 0.650. The van der Waals surface area contributed by atoms with Crippen LogP contribution in [0.15, 0.2) is 41.3 Å². The van der Waals surface area contributed by atoms with E-state index < -0.39 is 11.6 Å². The number of fused-ring (bicyclic) bond motifs is 1. The second-order valence-corrected chi connectivity index (χ2v) is 6.24. The van der Waals surface area contributed by atoms with Gasteiger partial charge in [-0.25, -0.2) is 13.8 Å². The predicted octanol–water partition coefficient (Wildman–Crippen LogP) is 3.93. The molecule has 5 nitrogen and oxygen atoms in total. The molecule has 1 aliphatic carbocycles. The SMILES string of the molecule is O=c1ccc2cnc(Nc3cc(F)cc(F)c3)nc2n1C1CCCC1. The molecule has 1 aliphatic rings. The van der Waals surface area contributed by atoms with Gasteiger partial charge in [-0.2, -0.15) is 4.98 Å². The first kappa shape index (κ1) is 15.7. The minimum atomic E-state index is -0.689. The average Bonchev–Trinajstić information content (AvgIpc) is 3.07. The van der Waals surface area contributed by atoms with Crippen LogP contribution in [-0.2, 0) is 0 Å². The van der Waals surface area contributed by atoms with Gasteiger partial charge in [0.25, 0.3) is 5.56 Å². The molecule has 3 aromatic rings. The number of benzene rings is 1. The van der Waals surface area contributed by atoms with E-state index in [0.29, 0.717) is 5.65 Å². The monoisotopic (exact) mass is 342 g/mol. The van der Waals surface area contributed by atoms with Crippen LogP contribution in [-0.4, -0.2) is 14.5 Å². The van der Waals surface area contributed by atoms with Crippen molar-refractivity contribution in [3.8, 4) is 0 Å². The third-order valence-electron chi connectivity index (χ3n) is 4.48. The summed E-state index contributed by atoms with van der Waals surface area (Å²) in [4.78, 5) is 21.0. The molecular weight excluding hydrogens is 326 g/mol. The van der Waals surface area contributed by atoms with Crippen LogP contribution in [0, 0.1) is 11.6 Å². The molecule has 128 valence electrons. The molecule has 0 atom stereocenters. The van der Waals surface area contributed by atoms with Crippen molar-refractivity contribution in [3.05, 3.63) is 58.5 Å². The van der Waals surface area contributed by atoms with Gasteiger partial charge < -0.3 is 5.32 Å². The fraction of sp³-hybridized carbons (Fsp3) is 0.278. The van der Waals surface area contributed by atoms with E-state index in [0.717, 1.165) is 49.3 Å². The van der Waals surface area contributed by atoms with Crippen LogP contribution >= 0.6 is 0 Å². The Balaban J connectivity index is 1.78. The molecule has 25 heavy (non-hydrogen) atoms. The summed E-state index contributed by atoms with van der Waals surface area (Å²) < 4.78 is 28.4. The van der Waals surface area contributed by atoms with Gasteiger partial charge in [-0.05, 0) is 31.0 Å². The third kappa shape index (κ3) is 3.09. The minimum Gasteiger partial charge on any atom is -0.324 e. The summed E-state index contributed by atoms with van der Waals surface area (Å²) in [6.45, 7) is 0. The first-order valence-electron chi connectivity index (χ1n) is 8.21. The molecule has 1 aromatic carbocycles. The van der Waals surface area contributed by atoms with Crippen molar-refractivity contribution in [1.82, 2.24) is 14.5 Å². The number of nitrogens with zero attached hydrogens (tertiary/aromatic N) is 3. The minimum absolute atomic E-state index is 0.0964. The lowest BCUT2D eigenvalue weighted by molar-refractivity contribution is 0.516. The van der Waals surface area contributed by atoms with Crippen molar-refractivity contribution in [1.29, 1.82) is 0 Å². The molecule has 4 rings (SSSR count). The smallest absolute Gasteiger partial charge is 0.252 e. The van der Waals surface area contributed by atoms with Crippen LogP contribution in [0.5, 0.6) is 0 Å². The zero-order valence-electron chi connectivity index (χ0n) is 13.4. The van der Waals surface area contributed by atoms with Gasteiger partial charge in [0.15, 0.2) is 0 Å². The Kier molecular flexibility index (Phi) is 3.91. The van der Waals surface area contributed by atoms with Crippen LogP contribution in [0.25, 0.3) is 11.0 Å². The second kappa shape index (κ2) is 6.23. The fourth-order valence-corrected chi connectivity index (χ4v) is 3.37. The zero-order valence-corrected chi connectivity index (χ0v) is 13.4. The molecule has 0 unspecified atom stereocenters. The third-order valence-corrected chi connectivity index (χ3v) is 4.48. The largest absolute Gasteiger partial charge is 0.324 e. The Hall–Kier alpha value is -2.83. The number of halogens is 2. The topological polar surface area (TPSA) is 59.8 Å². The van der Waals surface area contributed by atoms with Gasteiger partial charge in [0.05, 0.1) is 0 Å². The van der Waals surface area contributed by atoms with E-state index in [1.807, 2.05) is 0 Å². The number of rotatable bonds is 3. The first-order valence-corrected chi connectivity index (χ1v) is 8.21. The summed E-state index contributed by atoms with van der Waals surface area (Å²) in [5, 5.41) is 3.55. The maximum atomic E-state index is 13.3. The maximum absolute atomic E-state index is 13.3. The lowest BCUT2D eigenvalue weighted by Gasteiger charge is -2.16. The van der Waals surface area contributed by atoms with Gasteiger partial charge in [0.2, 0.25) is 5.95 Å². The Morgan fingerprint density at radius 3 is 2.52 bits per heavy atom. The molecule has 0 aliphatic heterocycles. The summed E-state index contributed by atoms with van der Waals surface area (Å²) in [5.74, 6) is -1.19. The average molecular weight is 342 g/mol. The van der Waals surface area contributed by atoms with Crippen LogP contribution in [0.3, 0.4) is 0 Å². The molecule has 1 saturated carbocycles. The summed E-state index contributed by atoms with van der Waals surface area (Å²) in [7, 11) is 0. The normalized spacial score (nSPS) is 15.0. The number of pyridine rings is 1. The van der Waals surface area contributed by atoms with Crippen molar-refractivity contribution in [2.75, 3.05) is 5.32 Å². The van der Waals surface area contributed by atoms with Crippen LogP contribution in [0.4, 0.5) is 20.4 Å². The van der Waals surface area contributed by atoms with Crippen LogP contribution in [0.1, 0.15) is 31.7 Å². The molecular formula is C18H16F2N4O. The molecule has 0 bridgehead atoms. The van der Waals surface area contributed by atoms with Gasteiger partial charge in [-0.15, -0.1) is 0 Å². The number of anilines is 2. The number of hydrogen-bond donors (Lipinski definition) is 1. The van der Waals surface area contributed by atoms with Crippen molar-refractivity contribution < 1.29 is 8.78 Å². The Morgan fingerprint density at radius 1 is 1.08 bits per heavy atom. The zero-order chi connectivity index (χ0) is 17.4. The Morgan fingerprint density at radius 2 is 1.80 bits per heavy atom. The van der Waals surface area contributed by atoms with Crippen LogP contribution < -0.4 is 10.9 Å². The van der Waals surface area contributed by atoms with Gasteiger partial charge in [0.1, 0.15) is 17.3 Å². The van der Waals surface area contributed by atoms with Gasteiger partial charge in [0, 0.05) is 35.4 Å². The molecule has 0 radical (unpaired) electrons. The van der Waals surface area contributed by atoms with Gasteiger partial charge in [-0.1, -0.05) is 12.8 Å². The molecule has 0 saturated heterocycles. The van der Waals surface area contributed by atoms with E-state index in [2.05, 4.69) is 15.3 Å². The van der Waals surface area contributed by atoms with Crippen molar-refractivity contribution in [2.24, 2.45) is 0 Å². The number of hydrogen-bond acceptors (Lipinski definition) is 4. The van der Waals surface area contributed by atoms with Crippen LogP contribution in [0.2, 0.25) is 0 Å². The predicted molar refractivity (Wildman–Crippen MR) is 90.9 cm³/mol. The van der Waals surface area contributed by atoms with Crippen molar-refractivity contribution in [3.63, 3.8) is 0 Å². The van der Waals surface area contributed by atoms with E-state index in [9.17, 15) is 13.6 Å². The van der Waals surface area contributed by atoms with Crippen molar-refractivity contribution in [2.45, 2.75) is 31.7 Å². The highest BCUT2D eigenvalue weighted by Crippen LogP contribution is 2.30. The molecule has 1 N–H and O–H groups in total. The maximum Gasteiger partial charge on any atom is 0.252 e. The van der Waals surface area contributed by atoms with Crippen molar-refractivity contribution >= 4 is 22.7 Å².